The van der Waals surface area contributed by atoms with Gasteiger partial charge in [0.05, 0.1) is 53.2 Å². The summed E-state index contributed by atoms with van der Waals surface area (Å²) in [6.45, 7) is 2.48. The van der Waals surface area contributed by atoms with E-state index in [-0.39, 0.29) is 12.3 Å². The maximum Gasteiger partial charge on any atom is 0.324 e. The summed E-state index contributed by atoms with van der Waals surface area (Å²) in [5, 5.41) is 0. The predicted octanol–water partition coefficient (Wildman–Crippen LogP) is 4.03. The summed E-state index contributed by atoms with van der Waals surface area (Å²) in [5.74, 6) is -2.46. The van der Waals surface area contributed by atoms with Gasteiger partial charge in [-0.05, 0) is 17.0 Å². The first-order valence-corrected chi connectivity index (χ1v) is 13.7. The van der Waals surface area contributed by atoms with Crippen LogP contribution in [0.5, 0.6) is 0 Å². The summed E-state index contributed by atoms with van der Waals surface area (Å²) in [6.07, 6.45) is 1.97. The molecule has 9 heteroatoms. The van der Waals surface area contributed by atoms with E-state index in [0.717, 1.165) is 11.1 Å². The molecule has 0 bridgehead atoms. The van der Waals surface area contributed by atoms with E-state index in [2.05, 4.69) is 0 Å². The molecule has 220 valence electrons. The number of hydrogen-bond acceptors (Lipinski definition) is 9. The molecule has 1 saturated heterocycles. The van der Waals surface area contributed by atoms with Crippen LogP contribution in [0.25, 0.3) is 0 Å². The van der Waals surface area contributed by atoms with Crippen molar-refractivity contribution >= 4 is 17.9 Å². The Balaban J connectivity index is 1.61. The molecule has 0 unspecified atom stereocenters. The maximum absolute atomic E-state index is 12.7. The standard InChI is InChI=1S/C32H38O9/c1-21-25(32(21,30(34)37-3)31(35)38-4)15-16-26-29(40-20-23-13-9-6-10-14-23)27(17-24(41-26)18-28(33)36-2)39-19-22-11-7-5-8-12-22/h5-16,21,24-27,29H,17-20H2,1-4H3/b16-15+/t21-,24-,25+,26-,27-,29-/m0/s1. The van der Waals surface area contributed by atoms with E-state index in [1.54, 1.807) is 19.1 Å². The van der Waals surface area contributed by atoms with Crippen LogP contribution in [0, 0.1) is 17.3 Å². The average Bonchev–Trinajstić information content (AvgIpc) is 3.61. The van der Waals surface area contributed by atoms with Gasteiger partial charge in [-0.3, -0.25) is 14.4 Å². The van der Waals surface area contributed by atoms with Gasteiger partial charge in [-0.25, -0.2) is 0 Å². The molecule has 2 fully saturated rings. The van der Waals surface area contributed by atoms with Crippen LogP contribution in [-0.2, 0) is 56.0 Å². The van der Waals surface area contributed by atoms with Crippen LogP contribution in [0.1, 0.15) is 30.9 Å². The molecule has 2 aromatic carbocycles. The number of allylic oxidation sites excluding steroid dienone is 1. The third-order valence-corrected chi connectivity index (χ3v) is 7.98. The lowest BCUT2D eigenvalue weighted by molar-refractivity contribution is -0.198. The van der Waals surface area contributed by atoms with Crippen molar-refractivity contribution in [1.82, 2.24) is 0 Å². The number of carbonyl (C=O) groups excluding carboxylic acids is 3. The van der Waals surface area contributed by atoms with Gasteiger partial charge in [-0.15, -0.1) is 0 Å². The van der Waals surface area contributed by atoms with E-state index in [4.69, 9.17) is 28.4 Å². The number of esters is 3. The zero-order valence-corrected chi connectivity index (χ0v) is 23.9. The number of benzene rings is 2. The number of rotatable bonds is 12. The quantitative estimate of drug-likeness (QED) is 0.163. The van der Waals surface area contributed by atoms with E-state index in [1.165, 1.54) is 21.3 Å². The fourth-order valence-corrected chi connectivity index (χ4v) is 5.63. The number of carbonyl (C=O) groups is 3. The smallest absolute Gasteiger partial charge is 0.324 e. The van der Waals surface area contributed by atoms with Gasteiger partial charge in [0.1, 0.15) is 12.2 Å². The molecular formula is C32H38O9. The molecule has 0 aromatic heterocycles. The minimum absolute atomic E-state index is 0.0472. The Morgan fingerprint density at radius 1 is 0.829 bits per heavy atom. The first-order valence-electron chi connectivity index (χ1n) is 13.7. The first-order chi connectivity index (χ1) is 19.8. The van der Waals surface area contributed by atoms with Crippen molar-refractivity contribution in [2.45, 2.75) is 57.4 Å². The van der Waals surface area contributed by atoms with Crippen molar-refractivity contribution in [3.8, 4) is 0 Å². The molecule has 2 aromatic rings. The third kappa shape index (κ3) is 6.86. The molecule has 0 radical (unpaired) electrons. The first kappa shape index (κ1) is 30.4. The van der Waals surface area contributed by atoms with Gasteiger partial charge in [0, 0.05) is 12.3 Å². The highest BCUT2D eigenvalue weighted by molar-refractivity contribution is 6.04. The van der Waals surface area contributed by atoms with Crippen molar-refractivity contribution in [3.05, 3.63) is 83.9 Å². The normalized spacial score (nSPS) is 26.7. The number of methoxy groups -OCH3 is 3. The summed E-state index contributed by atoms with van der Waals surface area (Å²) in [7, 11) is 3.84. The molecule has 1 saturated carbocycles. The van der Waals surface area contributed by atoms with Crippen LogP contribution in [-0.4, -0.2) is 63.7 Å². The van der Waals surface area contributed by atoms with Gasteiger partial charge in [-0.1, -0.05) is 79.7 Å². The molecule has 9 nitrogen and oxygen atoms in total. The Kier molecular flexibility index (Phi) is 10.3. The second-order valence-electron chi connectivity index (χ2n) is 10.4. The molecule has 1 aliphatic carbocycles. The second kappa shape index (κ2) is 13.9. The maximum atomic E-state index is 12.7. The molecule has 1 heterocycles. The van der Waals surface area contributed by atoms with E-state index in [1.807, 2.05) is 60.7 Å². The highest BCUT2D eigenvalue weighted by Gasteiger charge is 2.73. The molecule has 2 aliphatic rings. The van der Waals surface area contributed by atoms with Crippen molar-refractivity contribution in [1.29, 1.82) is 0 Å². The fraction of sp³-hybridized carbons (Fsp3) is 0.469. The van der Waals surface area contributed by atoms with E-state index in [9.17, 15) is 14.4 Å². The minimum atomic E-state index is -1.41. The topological polar surface area (TPSA) is 107 Å². The van der Waals surface area contributed by atoms with Gasteiger partial charge >= 0.3 is 17.9 Å². The second-order valence-corrected chi connectivity index (χ2v) is 10.4. The van der Waals surface area contributed by atoms with Gasteiger partial charge in [0.25, 0.3) is 0 Å². The SMILES string of the molecule is COC(=O)C[C@@H]1C[C@H](OCc2ccccc2)[C@@H](OCc2ccccc2)[C@H](/C=C/[C@@H]2[C@H](C)C2(C(=O)OC)C(=O)OC)O1. The van der Waals surface area contributed by atoms with Gasteiger partial charge in [0.2, 0.25) is 0 Å². The van der Waals surface area contributed by atoms with E-state index < -0.39 is 53.7 Å². The van der Waals surface area contributed by atoms with Gasteiger partial charge in [0.15, 0.2) is 5.41 Å². The van der Waals surface area contributed by atoms with E-state index >= 15 is 0 Å². The Hall–Kier alpha value is -3.53. The average molecular weight is 567 g/mol. The Bertz CT molecular complexity index is 1180. The van der Waals surface area contributed by atoms with Crippen molar-refractivity contribution in [3.63, 3.8) is 0 Å². The zero-order chi connectivity index (χ0) is 29.4. The Labute approximate surface area is 240 Å². The summed E-state index contributed by atoms with van der Waals surface area (Å²) in [5.41, 5.74) is 0.578. The van der Waals surface area contributed by atoms with Crippen molar-refractivity contribution in [2.24, 2.45) is 17.3 Å². The van der Waals surface area contributed by atoms with Crippen LogP contribution in [0.2, 0.25) is 0 Å². The highest BCUT2D eigenvalue weighted by Crippen LogP contribution is 2.61. The molecule has 1 aliphatic heterocycles. The Morgan fingerprint density at radius 2 is 1.39 bits per heavy atom. The zero-order valence-electron chi connectivity index (χ0n) is 23.9. The Morgan fingerprint density at radius 3 is 1.93 bits per heavy atom. The molecule has 4 rings (SSSR count). The van der Waals surface area contributed by atoms with Crippen LogP contribution < -0.4 is 0 Å². The summed E-state index contributed by atoms with van der Waals surface area (Å²) >= 11 is 0. The lowest BCUT2D eigenvalue weighted by Crippen LogP contribution is -2.50. The van der Waals surface area contributed by atoms with Crippen molar-refractivity contribution in [2.75, 3.05) is 21.3 Å². The largest absolute Gasteiger partial charge is 0.469 e. The highest BCUT2D eigenvalue weighted by atomic mass is 16.6. The molecule has 0 N–H and O–H groups in total. The van der Waals surface area contributed by atoms with Crippen LogP contribution in [0.3, 0.4) is 0 Å². The molecule has 0 spiro atoms. The number of hydrogen-bond donors (Lipinski definition) is 0. The lowest BCUT2D eigenvalue weighted by Gasteiger charge is -2.40. The fourth-order valence-electron chi connectivity index (χ4n) is 5.63. The monoisotopic (exact) mass is 566 g/mol. The van der Waals surface area contributed by atoms with Crippen LogP contribution in [0.15, 0.2) is 72.8 Å². The van der Waals surface area contributed by atoms with Gasteiger partial charge in [-0.2, -0.15) is 0 Å². The third-order valence-electron chi connectivity index (χ3n) is 7.98. The molecular weight excluding hydrogens is 528 g/mol. The van der Waals surface area contributed by atoms with Crippen LogP contribution >= 0.6 is 0 Å². The van der Waals surface area contributed by atoms with Crippen LogP contribution in [0.4, 0.5) is 0 Å². The minimum Gasteiger partial charge on any atom is -0.469 e. The van der Waals surface area contributed by atoms with Gasteiger partial charge < -0.3 is 28.4 Å². The van der Waals surface area contributed by atoms with E-state index in [0.29, 0.717) is 19.6 Å². The molecule has 0 amide bonds. The predicted molar refractivity (Wildman–Crippen MR) is 148 cm³/mol. The summed E-state index contributed by atoms with van der Waals surface area (Å²) in [4.78, 5) is 37.6. The lowest BCUT2D eigenvalue weighted by atomic mass is 9.94. The molecule has 6 atom stereocenters. The van der Waals surface area contributed by atoms with Crippen molar-refractivity contribution < 1.29 is 42.8 Å². The summed E-state index contributed by atoms with van der Waals surface area (Å²) < 4.78 is 34.0. The summed E-state index contributed by atoms with van der Waals surface area (Å²) in [6, 6.07) is 19.6. The molecule has 41 heavy (non-hydrogen) atoms. The number of ether oxygens (including phenoxy) is 6.